The molecule has 0 bridgehead atoms. The van der Waals surface area contributed by atoms with Crippen LogP contribution < -0.4 is 0 Å². The number of aliphatic carboxylic acids is 1. The van der Waals surface area contributed by atoms with Crippen LogP contribution in [0.3, 0.4) is 0 Å². The topological polar surface area (TPSA) is 54.4 Å². The Balaban J connectivity index is 1.80. The zero-order chi connectivity index (χ0) is 21.4. The maximum absolute atomic E-state index is 12.8. The summed E-state index contributed by atoms with van der Waals surface area (Å²) < 4.78 is 0. The molecule has 3 aliphatic rings. The fraction of sp³-hybridized carbons (Fsp3) is 0.846. The minimum absolute atomic E-state index is 0.0227. The Kier molecular flexibility index (Phi) is 6.65. The molecule has 0 heterocycles. The van der Waals surface area contributed by atoms with Crippen LogP contribution in [0, 0.1) is 46.3 Å². The van der Waals surface area contributed by atoms with Gasteiger partial charge in [0, 0.05) is 5.41 Å². The van der Waals surface area contributed by atoms with Crippen LogP contribution >= 0.6 is 0 Å². The average Bonchev–Trinajstić information content (AvgIpc) is 2.99. The van der Waals surface area contributed by atoms with Crippen LogP contribution in [-0.4, -0.2) is 16.9 Å². The zero-order valence-corrected chi connectivity index (χ0v) is 19.2. The molecule has 0 spiro atoms. The molecule has 0 aliphatic heterocycles. The second-order valence-corrected chi connectivity index (χ2v) is 11.3. The van der Waals surface area contributed by atoms with Crippen molar-refractivity contribution in [1.82, 2.24) is 0 Å². The number of carboxylic acid groups (broad SMARTS) is 1. The maximum Gasteiger partial charge on any atom is 0.307 e. The van der Waals surface area contributed by atoms with E-state index in [0.29, 0.717) is 11.8 Å². The van der Waals surface area contributed by atoms with Crippen molar-refractivity contribution in [2.75, 3.05) is 0 Å². The van der Waals surface area contributed by atoms with Gasteiger partial charge in [-0.1, -0.05) is 60.0 Å². The van der Waals surface area contributed by atoms with Crippen molar-refractivity contribution in [3.8, 4) is 0 Å². The van der Waals surface area contributed by atoms with E-state index < -0.39 is 11.4 Å². The maximum atomic E-state index is 12.8. The van der Waals surface area contributed by atoms with Crippen molar-refractivity contribution in [3.05, 3.63) is 12.2 Å². The van der Waals surface area contributed by atoms with Gasteiger partial charge in [0.2, 0.25) is 0 Å². The molecule has 0 radical (unpaired) electrons. The lowest BCUT2D eigenvalue weighted by Crippen LogP contribution is -2.52. The van der Waals surface area contributed by atoms with Crippen molar-refractivity contribution in [1.29, 1.82) is 0 Å². The van der Waals surface area contributed by atoms with Crippen LogP contribution in [0.4, 0.5) is 0 Å². The third-order valence-electron chi connectivity index (χ3n) is 9.24. The molecule has 0 amide bonds. The van der Waals surface area contributed by atoms with E-state index in [1.807, 2.05) is 13.0 Å². The zero-order valence-electron chi connectivity index (χ0n) is 19.2. The van der Waals surface area contributed by atoms with Gasteiger partial charge in [0.05, 0.1) is 5.92 Å². The van der Waals surface area contributed by atoms with Crippen LogP contribution in [0.25, 0.3) is 0 Å². The number of ketones is 1. The van der Waals surface area contributed by atoms with E-state index in [1.165, 1.54) is 19.3 Å². The molecule has 164 valence electrons. The van der Waals surface area contributed by atoms with Crippen molar-refractivity contribution in [2.24, 2.45) is 46.3 Å². The van der Waals surface area contributed by atoms with Gasteiger partial charge in [-0.2, -0.15) is 0 Å². The summed E-state index contributed by atoms with van der Waals surface area (Å²) in [5, 5.41) is 10.3. The first-order chi connectivity index (χ1) is 13.6. The molecule has 3 rings (SSSR count). The summed E-state index contributed by atoms with van der Waals surface area (Å²) in [5.41, 5.74) is -0.388. The number of rotatable bonds is 7. The van der Waals surface area contributed by atoms with Crippen molar-refractivity contribution in [2.45, 2.75) is 92.4 Å². The van der Waals surface area contributed by atoms with Gasteiger partial charge >= 0.3 is 5.97 Å². The Bertz CT molecular complexity index is 650. The molecule has 2 saturated carbocycles. The molecule has 3 aliphatic carbocycles. The lowest BCUT2D eigenvalue weighted by atomic mass is 9.50. The largest absolute Gasteiger partial charge is 0.481 e. The number of carbonyl (C=O) groups is 2. The number of allylic oxidation sites excluding steroid dienone is 2. The van der Waals surface area contributed by atoms with Gasteiger partial charge < -0.3 is 5.11 Å². The number of carboxylic acids is 1. The molecule has 0 aromatic carbocycles. The minimum atomic E-state index is -0.664. The molecule has 0 unspecified atom stereocenters. The van der Waals surface area contributed by atoms with E-state index >= 15 is 0 Å². The second kappa shape index (κ2) is 8.55. The standard InChI is InChI=1S/C26H42O3/c1-17(2)9-8-10-18(3)19-12-13-20-23(24(28)29)21(14-16-25(19,20)4)26(5)15-7-6-11-22(26)27/h6,11,17-21,23H,7-10,12-16H2,1-5H3,(H,28,29)/t18-,19-,20+,21+,23+,25+,26+/m0/s1. The van der Waals surface area contributed by atoms with Crippen LogP contribution in [0.15, 0.2) is 12.2 Å². The summed E-state index contributed by atoms with van der Waals surface area (Å²) in [5.74, 6) is 1.34. The summed E-state index contributed by atoms with van der Waals surface area (Å²) in [7, 11) is 0. The first-order valence-electron chi connectivity index (χ1n) is 12.0. The van der Waals surface area contributed by atoms with Crippen molar-refractivity contribution in [3.63, 3.8) is 0 Å². The SMILES string of the molecule is CC(C)CCC[C@H](C)[C@@H]1CC[C@@H]2[C@@H](C(=O)O)[C@H]([C@@]3(C)CCC=CC3=O)CC[C@@]21C. The van der Waals surface area contributed by atoms with E-state index in [9.17, 15) is 14.7 Å². The molecular weight excluding hydrogens is 360 g/mol. The summed E-state index contributed by atoms with van der Waals surface area (Å²) in [6.45, 7) is 11.4. The average molecular weight is 403 g/mol. The first-order valence-corrected chi connectivity index (χ1v) is 12.0. The normalized spacial score (nSPS) is 40.8. The quantitative estimate of drug-likeness (QED) is 0.527. The Morgan fingerprint density at radius 3 is 2.45 bits per heavy atom. The van der Waals surface area contributed by atoms with Crippen LogP contribution in [-0.2, 0) is 9.59 Å². The number of fused-ring (bicyclic) bond motifs is 1. The molecule has 3 nitrogen and oxygen atoms in total. The molecule has 1 N–H and O–H groups in total. The monoisotopic (exact) mass is 402 g/mol. The molecule has 7 atom stereocenters. The van der Waals surface area contributed by atoms with E-state index in [4.69, 9.17) is 0 Å². The van der Waals surface area contributed by atoms with Gasteiger partial charge in [0.1, 0.15) is 0 Å². The summed E-state index contributed by atoms with van der Waals surface area (Å²) in [6, 6.07) is 0. The van der Waals surface area contributed by atoms with E-state index in [2.05, 4.69) is 27.7 Å². The third kappa shape index (κ3) is 4.08. The lowest BCUT2D eigenvalue weighted by molar-refractivity contribution is -0.159. The first kappa shape index (κ1) is 22.6. The Labute approximate surface area is 177 Å². The predicted molar refractivity (Wildman–Crippen MR) is 118 cm³/mol. The van der Waals surface area contributed by atoms with Crippen LogP contribution in [0.1, 0.15) is 92.4 Å². The van der Waals surface area contributed by atoms with Gasteiger partial charge in [-0.25, -0.2) is 0 Å². The van der Waals surface area contributed by atoms with Gasteiger partial charge in [-0.15, -0.1) is 0 Å². The smallest absolute Gasteiger partial charge is 0.307 e. The van der Waals surface area contributed by atoms with E-state index in [1.54, 1.807) is 6.08 Å². The van der Waals surface area contributed by atoms with Crippen LogP contribution in [0.2, 0.25) is 0 Å². The highest BCUT2D eigenvalue weighted by Crippen LogP contribution is 2.64. The number of hydrogen-bond acceptors (Lipinski definition) is 2. The highest BCUT2D eigenvalue weighted by molar-refractivity contribution is 5.96. The Hall–Kier alpha value is -1.12. The van der Waals surface area contributed by atoms with E-state index in [-0.39, 0.29) is 29.0 Å². The third-order valence-corrected chi connectivity index (χ3v) is 9.24. The fourth-order valence-corrected chi connectivity index (χ4v) is 7.48. The van der Waals surface area contributed by atoms with Gasteiger partial charge in [-0.3, -0.25) is 9.59 Å². The number of carbonyl (C=O) groups excluding carboxylic acids is 1. The summed E-state index contributed by atoms with van der Waals surface area (Å²) >= 11 is 0. The Morgan fingerprint density at radius 1 is 1.10 bits per heavy atom. The van der Waals surface area contributed by atoms with Gasteiger partial charge in [-0.05, 0) is 79.6 Å². The fourth-order valence-electron chi connectivity index (χ4n) is 7.48. The number of hydrogen-bond donors (Lipinski definition) is 1. The lowest BCUT2D eigenvalue weighted by Gasteiger charge is -2.52. The summed E-state index contributed by atoms with van der Waals surface area (Å²) in [4.78, 5) is 25.4. The van der Waals surface area contributed by atoms with Crippen molar-refractivity contribution < 1.29 is 14.7 Å². The van der Waals surface area contributed by atoms with Crippen LogP contribution in [0.5, 0.6) is 0 Å². The van der Waals surface area contributed by atoms with Gasteiger partial charge in [0.15, 0.2) is 5.78 Å². The molecule has 0 saturated heterocycles. The van der Waals surface area contributed by atoms with E-state index in [0.717, 1.165) is 44.4 Å². The molecule has 2 fully saturated rings. The van der Waals surface area contributed by atoms with Gasteiger partial charge in [0.25, 0.3) is 0 Å². The van der Waals surface area contributed by atoms with Crippen molar-refractivity contribution >= 4 is 11.8 Å². The molecular formula is C26H42O3. The Morgan fingerprint density at radius 2 is 1.83 bits per heavy atom. The minimum Gasteiger partial charge on any atom is -0.481 e. The molecule has 0 aromatic rings. The molecule has 29 heavy (non-hydrogen) atoms. The highest BCUT2D eigenvalue weighted by Gasteiger charge is 2.60. The molecule has 0 aromatic heterocycles. The highest BCUT2D eigenvalue weighted by atomic mass is 16.4. The summed E-state index contributed by atoms with van der Waals surface area (Å²) in [6.07, 6.45) is 13.3. The molecule has 3 heteroatoms. The predicted octanol–water partition coefficient (Wildman–Crippen LogP) is 6.52. The second-order valence-electron chi connectivity index (χ2n) is 11.3.